The Labute approximate surface area is 106 Å². The lowest BCUT2D eigenvalue weighted by molar-refractivity contribution is -0.131. The predicted octanol–water partition coefficient (Wildman–Crippen LogP) is 2.26. The number of carbonyl (C=O) groups is 1. The topological polar surface area (TPSA) is 46.3 Å². The minimum Gasteiger partial charge on any atom is -0.342 e. The second-order valence-corrected chi connectivity index (χ2v) is 6.66. The van der Waals surface area contributed by atoms with E-state index in [0.717, 1.165) is 25.9 Å². The molecule has 1 rings (SSSR count). The number of nitrogens with zero attached hydrogens (tertiary/aromatic N) is 1. The third-order valence-corrected chi connectivity index (χ3v) is 3.63. The molecular formula is C14H28N2O. The largest absolute Gasteiger partial charge is 0.342 e. The van der Waals surface area contributed by atoms with E-state index in [9.17, 15) is 4.79 Å². The second kappa shape index (κ2) is 5.85. The first-order chi connectivity index (χ1) is 7.84. The molecule has 1 fully saturated rings. The monoisotopic (exact) mass is 240 g/mol. The van der Waals surface area contributed by atoms with E-state index in [1.165, 1.54) is 0 Å². The van der Waals surface area contributed by atoms with E-state index >= 15 is 0 Å². The summed E-state index contributed by atoms with van der Waals surface area (Å²) in [5, 5.41) is 0. The molecule has 3 heteroatoms. The van der Waals surface area contributed by atoms with Gasteiger partial charge in [0.2, 0.25) is 5.91 Å². The van der Waals surface area contributed by atoms with Crippen molar-refractivity contribution in [2.24, 2.45) is 23.0 Å². The molecule has 0 aromatic rings. The summed E-state index contributed by atoms with van der Waals surface area (Å²) in [6.45, 7) is 11.3. The molecule has 1 heterocycles. The summed E-state index contributed by atoms with van der Waals surface area (Å²) < 4.78 is 0. The number of likely N-dealkylation sites (tertiary alicyclic amines) is 1. The van der Waals surface area contributed by atoms with Crippen LogP contribution in [0.4, 0.5) is 0 Å². The molecule has 1 aliphatic rings. The maximum atomic E-state index is 12.2. The van der Waals surface area contributed by atoms with Crippen molar-refractivity contribution in [3.63, 3.8) is 0 Å². The van der Waals surface area contributed by atoms with Crippen LogP contribution < -0.4 is 5.73 Å². The molecule has 0 aromatic heterocycles. The molecule has 1 atom stereocenters. The van der Waals surface area contributed by atoms with Crippen LogP contribution in [0.3, 0.4) is 0 Å². The predicted molar refractivity (Wildman–Crippen MR) is 71.6 cm³/mol. The maximum absolute atomic E-state index is 12.2. The molecular weight excluding hydrogens is 212 g/mol. The van der Waals surface area contributed by atoms with Crippen molar-refractivity contribution < 1.29 is 4.79 Å². The minimum absolute atomic E-state index is 0.298. The van der Waals surface area contributed by atoms with Crippen molar-refractivity contribution in [3.05, 3.63) is 0 Å². The Balaban J connectivity index is 2.43. The number of carbonyl (C=O) groups excluding carboxylic acids is 1. The third-order valence-electron chi connectivity index (χ3n) is 3.63. The lowest BCUT2D eigenvalue weighted by Crippen LogP contribution is -2.33. The Hall–Kier alpha value is -0.570. The first-order valence-electron chi connectivity index (χ1n) is 6.82. The van der Waals surface area contributed by atoms with E-state index in [2.05, 4.69) is 27.7 Å². The zero-order valence-corrected chi connectivity index (χ0v) is 11.8. The van der Waals surface area contributed by atoms with Gasteiger partial charge in [0.25, 0.3) is 0 Å². The Morgan fingerprint density at radius 3 is 2.47 bits per heavy atom. The fourth-order valence-corrected chi connectivity index (χ4v) is 2.63. The molecule has 0 spiro atoms. The van der Waals surface area contributed by atoms with Gasteiger partial charge in [0, 0.05) is 19.5 Å². The van der Waals surface area contributed by atoms with Crippen LogP contribution >= 0.6 is 0 Å². The van der Waals surface area contributed by atoms with Gasteiger partial charge in [-0.15, -0.1) is 0 Å². The fraction of sp³-hybridized carbons (Fsp3) is 0.929. The highest BCUT2D eigenvalue weighted by Gasteiger charge is 2.32. The summed E-state index contributed by atoms with van der Waals surface area (Å²) in [4.78, 5) is 14.2. The summed E-state index contributed by atoms with van der Waals surface area (Å²) in [7, 11) is 0. The quantitative estimate of drug-likeness (QED) is 0.801. The zero-order chi connectivity index (χ0) is 13.1. The molecule has 3 nitrogen and oxygen atoms in total. The van der Waals surface area contributed by atoms with Gasteiger partial charge in [0.1, 0.15) is 0 Å². The van der Waals surface area contributed by atoms with Crippen molar-refractivity contribution >= 4 is 5.91 Å². The standard InChI is InChI=1S/C14H28N2O/c1-11(2)7-12(9-15)8-13(17)16-6-5-14(3,4)10-16/h11-12H,5-10,15H2,1-4H3. The Morgan fingerprint density at radius 1 is 1.41 bits per heavy atom. The van der Waals surface area contributed by atoms with Gasteiger partial charge in [0.05, 0.1) is 0 Å². The van der Waals surface area contributed by atoms with Gasteiger partial charge in [-0.25, -0.2) is 0 Å². The van der Waals surface area contributed by atoms with Crippen LogP contribution in [0.5, 0.6) is 0 Å². The molecule has 1 saturated heterocycles. The summed E-state index contributed by atoms with van der Waals surface area (Å²) >= 11 is 0. The molecule has 0 bridgehead atoms. The molecule has 17 heavy (non-hydrogen) atoms. The van der Waals surface area contributed by atoms with E-state index in [4.69, 9.17) is 5.73 Å². The Morgan fingerprint density at radius 2 is 2.06 bits per heavy atom. The number of nitrogens with two attached hydrogens (primary N) is 1. The van der Waals surface area contributed by atoms with Crippen molar-refractivity contribution in [2.45, 2.75) is 47.0 Å². The molecule has 1 aliphatic heterocycles. The smallest absolute Gasteiger partial charge is 0.222 e. The van der Waals surface area contributed by atoms with Gasteiger partial charge in [-0.05, 0) is 36.6 Å². The van der Waals surface area contributed by atoms with Gasteiger partial charge in [0.15, 0.2) is 0 Å². The summed E-state index contributed by atoms with van der Waals surface area (Å²) in [5.41, 5.74) is 6.05. The van der Waals surface area contributed by atoms with Crippen LogP contribution in [0.2, 0.25) is 0 Å². The van der Waals surface area contributed by atoms with Crippen LogP contribution in [-0.4, -0.2) is 30.4 Å². The molecule has 100 valence electrons. The van der Waals surface area contributed by atoms with Gasteiger partial charge in [-0.3, -0.25) is 4.79 Å². The zero-order valence-electron chi connectivity index (χ0n) is 11.8. The van der Waals surface area contributed by atoms with E-state index < -0.39 is 0 Å². The molecule has 0 saturated carbocycles. The highest BCUT2D eigenvalue weighted by Crippen LogP contribution is 2.29. The fourth-order valence-electron chi connectivity index (χ4n) is 2.63. The third kappa shape index (κ3) is 4.66. The average Bonchev–Trinajstić information content (AvgIpc) is 2.57. The number of rotatable bonds is 5. The number of hydrogen-bond donors (Lipinski definition) is 1. The Kier molecular flexibility index (Phi) is 4.99. The highest BCUT2D eigenvalue weighted by molar-refractivity contribution is 5.76. The normalized spacial score (nSPS) is 20.9. The number of hydrogen-bond acceptors (Lipinski definition) is 2. The van der Waals surface area contributed by atoms with Crippen LogP contribution in [0.25, 0.3) is 0 Å². The molecule has 0 aliphatic carbocycles. The second-order valence-electron chi connectivity index (χ2n) is 6.66. The van der Waals surface area contributed by atoms with Gasteiger partial charge >= 0.3 is 0 Å². The molecule has 1 unspecified atom stereocenters. The first kappa shape index (κ1) is 14.5. The van der Waals surface area contributed by atoms with Crippen molar-refractivity contribution in [2.75, 3.05) is 19.6 Å². The minimum atomic E-state index is 0.298. The maximum Gasteiger partial charge on any atom is 0.222 e. The summed E-state index contributed by atoms with van der Waals surface area (Å²) in [6, 6.07) is 0. The molecule has 0 radical (unpaired) electrons. The molecule has 0 aromatic carbocycles. The van der Waals surface area contributed by atoms with Gasteiger partial charge < -0.3 is 10.6 Å². The van der Waals surface area contributed by atoms with Gasteiger partial charge in [-0.2, -0.15) is 0 Å². The van der Waals surface area contributed by atoms with Crippen LogP contribution in [-0.2, 0) is 4.79 Å². The van der Waals surface area contributed by atoms with E-state index in [1.807, 2.05) is 4.90 Å². The average molecular weight is 240 g/mol. The van der Waals surface area contributed by atoms with Gasteiger partial charge in [-0.1, -0.05) is 27.7 Å². The SMILES string of the molecule is CC(C)CC(CN)CC(=O)N1CCC(C)(C)C1. The lowest BCUT2D eigenvalue weighted by atomic mass is 9.92. The van der Waals surface area contributed by atoms with Crippen molar-refractivity contribution in [1.82, 2.24) is 4.90 Å². The van der Waals surface area contributed by atoms with E-state index in [0.29, 0.717) is 36.1 Å². The Bertz CT molecular complexity index is 261. The van der Waals surface area contributed by atoms with Crippen molar-refractivity contribution in [3.8, 4) is 0 Å². The summed E-state index contributed by atoms with van der Waals surface area (Å²) in [6.07, 6.45) is 2.81. The highest BCUT2D eigenvalue weighted by atomic mass is 16.2. The van der Waals surface area contributed by atoms with Crippen LogP contribution in [0.1, 0.15) is 47.0 Å². The summed E-state index contributed by atoms with van der Waals surface area (Å²) in [5.74, 6) is 1.27. The van der Waals surface area contributed by atoms with Crippen molar-refractivity contribution in [1.29, 1.82) is 0 Å². The lowest BCUT2D eigenvalue weighted by Gasteiger charge is -2.23. The molecule has 1 amide bonds. The van der Waals surface area contributed by atoms with E-state index in [-0.39, 0.29) is 0 Å². The first-order valence-corrected chi connectivity index (χ1v) is 6.82. The van der Waals surface area contributed by atoms with Crippen LogP contribution in [0, 0.1) is 17.3 Å². The van der Waals surface area contributed by atoms with E-state index in [1.54, 1.807) is 0 Å². The van der Waals surface area contributed by atoms with Crippen LogP contribution in [0.15, 0.2) is 0 Å². The number of amides is 1. The molecule has 2 N–H and O–H groups in total.